The van der Waals surface area contributed by atoms with E-state index >= 15 is 0 Å². The number of aryl methyl sites for hydroxylation is 1. The van der Waals surface area contributed by atoms with Crippen molar-refractivity contribution in [3.05, 3.63) is 29.8 Å². The summed E-state index contributed by atoms with van der Waals surface area (Å²) in [6, 6.07) is 8.14. The van der Waals surface area contributed by atoms with Crippen molar-refractivity contribution in [1.29, 1.82) is 0 Å². The lowest BCUT2D eigenvalue weighted by molar-refractivity contribution is -0.687. The van der Waals surface area contributed by atoms with Crippen LogP contribution in [0.4, 0.5) is 0 Å². The van der Waals surface area contributed by atoms with E-state index in [2.05, 4.69) is 26.1 Å². The lowest BCUT2D eigenvalue weighted by Crippen LogP contribution is -2.89. The number of rotatable bonds is 9. The zero-order valence-electron chi connectivity index (χ0n) is 12.4. The molecule has 3 heteroatoms. The lowest BCUT2D eigenvalue weighted by Gasteiger charge is -2.11. The van der Waals surface area contributed by atoms with Crippen molar-refractivity contribution in [2.24, 2.45) is 0 Å². The molecule has 3 nitrogen and oxygen atoms in total. The molecule has 0 bridgehead atoms. The van der Waals surface area contributed by atoms with Crippen molar-refractivity contribution < 1.29 is 15.2 Å². The Kier molecular flexibility index (Phi) is 7.53. The highest BCUT2D eigenvalue weighted by atomic mass is 16.5. The van der Waals surface area contributed by atoms with Crippen molar-refractivity contribution in [1.82, 2.24) is 0 Å². The third-order valence-corrected chi connectivity index (χ3v) is 3.19. The third kappa shape index (κ3) is 7.85. The van der Waals surface area contributed by atoms with Crippen LogP contribution >= 0.6 is 0 Å². The van der Waals surface area contributed by atoms with Crippen LogP contribution in [-0.4, -0.2) is 30.4 Å². The van der Waals surface area contributed by atoms with Crippen LogP contribution in [0.1, 0.15) is 39.2 Å². The van der Waals surface area contributed by atoms with Crippen LogP contribution in [-0.2, 0) is 11.2 Å². The molecule has 0 heterocycles. The van der Waals surface area contributed by atoms with Crippen molar-refractivity contribution in [3.8, 4) is 5.75 Å². The summed E-state index contributed by atoms with van der Waals surface area (Å²) in [6.45, 7) is 8.40. The average molecular weight is 266 g/mol. The number of hydrogen-bond acceptors (Lipinski definition) is 2. The molecule has 3 N–H and O–H groups in total. The van der Waals surface area contributed by atoms with E-state index in [0.717, 1.165) is 32.4 Å². The quantitative estimate of drug-likeness (QED) is 0.672. The number of benzene rings is 1. The summed E-state index contributed by atoms with van der Waals surface area (Å²) in [5, 5.41) is 11.6. The summed E-state index contributed by atoms with van der Waals surface area (Å²) in [5.74, 6) is 0.341. The molecule has 108 valence electrons. The maximum atomic E-state index is 9.22. The SMILES string of the molecule is CC(C)OCCC[NH2+][C@H](C)CCc1ccc(O)cc1. The fourth-order valence-electron chi connectivity index (χ4n) is 1.98. The van der Waals surface area contributed by atoms with Gasteiger partial charge in [0, 0.05) is 12.8 Å². The van der Waals surface area contributed by atoms with Gasteiger partial charge in [-0.15, -0.1) is 0 Å². The van der Waals surface area contributed by atoms with Gasteiger partial charge in [0.2, 0.25) is 0 Å². The van der Waals surface area contributed by atoms with Gasteiger partial charge in [0.05, 0.1) is 25.3 Å². The first-order chi connectivity index (χ1) is 9.08. The number of ether oxygens (including phenoxy) is 1. The highest BCUT2D eigenvalue weighted by molar-refractivity contribution is 5.25. The molecule has 0 saturated carbocycles. The van der Waals surface area contributed by atoms with Crippen molar-refractivity contribution in [3.63, 3.8) is 0 Å². The Morgan fingerprint density at radius 1 is 1.16 bits per heavy atom. The minimum absolute atomic E-state index is 0.340. The van der Waals surface area contributed by atoms with E-state index in [1.807, 2.05) is 12.1 Å². The second kappa shape index (κ2) is 8.94. The third-order valence-electron chi connectivity index (χ3n) is 3.19. The minimum atomic E-state index is 0.340. The predicted octanol–water partition coefficient (Wildman–Crippen LogP) is 2.09. The highest BCUT2D eigenvalue weighted by Gasteiger charge is 2.05. The molecule has 1 aromatic carbocycles. The van der Waals surface area contributed by atoms with E-state index in [9.17, 15) is 5.11 Å². The minimum Gasteiger partial charge on any atom is -0.508 e. The Morgan fingerprint density at radius 3 is 2.47 bits per heavy atom. The maximum absolute atomic E-state index is 9.22. The Bertz CT molecular complexity index is 335. The van der Waals surface area contributed by atoms with Gasteiger partial charge in [-0.05, 0) is 44.9 Å². The molecular weight excluding hydrogens is 238 g/mol. The molecule has 0 spiro atoms. The molecule has 0 aliphatic rings. The fraction of sp³-hybridized carbons (Fsp3) is 0.625. The van der Waals surface area contributed by atoms with Gasteiger partial charge in [0.1, 0.15) is 5.75 Å². The van der Waals surface area contributed by atoms with Crippen LogP contribution < -0.4 is 5.32 Å². The normalized spacial score (nSPS) is 12.8. The van der Waals surface area contributed by atoms with Gasteiger partial charge < -0.3 is 15.2 Å². The van der Waals surface area contributed by atoms with E-state index in [-0.39, 0.29) is 0 Å². The van der Waals surface area contributed by atoms with E-state index in [4.69, 9.17) is 4.74 Å². The molecule has 0 amide bonds. The molecule has 0 radical (unpaired) electrons. The number of nitrogens with two attached hydrogens (primary N) is 1. The monoisotopic (exact) mass is 266 g/mol. The standard InChI is InChI=1S/C16H27NO2/c1-13(2)19-12-4-11-17-14(3)5-6-15-7-9-16(18)10-8-15/h7-10,13-14,17-18H,4-6,11-12H2,1-3H3/p+1/t14-/m1/s1. The number of aromatic hydroxyl groups is 1. The molecule has 0 aliphatic heterocycles. The second-order valence-corrected chi connectivity index (χ2v) is 5.48. The summed E-state index contributed by atoms with van der Waals surface area (Å²) >= 11 is 0. The van der Waals surface area contributed by atoms with Crippen LogP contribution in [0.5, 0.6) is 5.75 Å². The summed E-state index contributed by atoms with van der Waals surface area (Å²) in [4.78, 5) is 0. The molecule has 1 atom stereocenters. The van der Waals surface area contributed by atoms with Crippen LogP contribution in [0, 0.1) is 0 Å². The van der Waals surface area contributed by atoms with Crippen molar-refractivity contribution in [2.45, 2.75) is 52.2 Å². The molecule has 1 rings (SSSR count). The first-order valence-corrected chi connectivity index (χ1v) is 7.30. The Labute approximate surface area is 117 Å². The van der Waals surface area contributed by atoms with Gasteiger partial charge in [-0.25, -0.2) is 0 Å². The smallest absolute Gasteiger partial charge is 0.115 e. The Hall–Kier alpha value is -1.06. The molecule has 1 aromatic rings. The number of hydrogen-bond donors (Lipinski definition) is 2. The first-order valence-electron chi connectivity index (χ1n) is 7.30. The van der Waals surface area contributed by atoms with E-state index in [1.165, 1.54) is 5.56 Å². The Morgan fingerprint density at radius 2 is 1.84 bits per heavy atom. The van der Waals surface area contributed by atoms with Gasteiger partial charge >= 0.3 is 0 Å². The first kappa shape index (κ1) is 16.0. The summed E-state index contributed by atoms with van der Waals surface area (Å²) < 4.78 is 5.52. The van der Waals surface area contributed by atoms with Crippen molar-refractivity contribution >= 4 is 0 Å². The van der Waals surface area contributed by atoms with Gasteiger partial charge in [0.25, 0.3) is 0 Å². The summed E-state index contributed by atoms with van der Waals surface area (Å²) in [6.07, 6.45) is 3.68. The topological polar surface area (TPSA) is 46.1 Å². The summed E-state index contributed by atoms with van der Waals surface area (Å²) in [7, 11) is 0. The van der Waals surface area contributed by atoms with Crippen LogP contribution in [0.2, 0.25) is 0 Å². The molecule has 0 unspecified atom stereocenters. The van der Waals surface area contributed by atoms with Crippen LogP contribution in [0.3, 0.4) is 0 Å². The number of phenols is 1. The van der Waals surface area contributed by atoms with Gasteiger partial charge in [0.15, 0.2) is 0 Å². The molecular formula is C16H28NO2+. The summed E-state index contributed by atoms with van der Waals surface area (Å²) in [5.41, 5.74) is 1.29. The molecule has 0 aliphatic carbocycles. The zero-order chi connectivity index (χ0) is 14.1. The highest BCUT2D eigenvalue weighted by Crippen LogP contribution is 2.11. The zero-order valence-corrected chi connectivity index (χ0v) is 12.4. The van der Waals surface area contributed by atoms with Crippen LogP contribution in [0.15, 0.2) is 24.3 Å². The fourth-order valence-corrected chi connectivity index (χ4v) is 1.98. The van der Waals surface area contributed by atoms with Gasteiger partial charge in [-0.2, -0.15) is 0 Å². The molecule has 0 saturated heterocycles. The largest absolute Gasteiger partial charge is 0.508 e. The van der Waals surface area contributed by atoms with E-state index in [1.54, 1.807) is 12.1 Å². The van der Waals surface area contributed by atoms with Crippen LogP contribution in [0.25, 0.3) is 0 Å². The average Bonchev–Trinajstić information content (AvgIpc) is 2.37. The lowest BCUT2D eigenvalue weighted by atomic mass is 10.1. The second-order valence-electron chi connectivity index (χ2n) is 5.48. The van der Waals surface area contributed by atoms with E-state index < -0.39 is 0 Å². The predicted molar refractivity (Wildman–Crippen MR) is 78.4 cm³/mol. The van der Waals surface area contributed by atoms with Gasteiger partial charge in [-0.3, -0.25) is 0 Å². The molecule has 0 aromatic heterocycles. The molecule has 0 fully saturated rings. The van der Waals surface area contributed by atoms with E-state index in [0.29, 0.717) is 17.9 Å². The molecule has 19 heavy (non-hydrogen) atoms. The maximum Gasteiger partial charge on any atom is 0.115 e. The number of quaternary nitrogens is 1. The van der Waals surface area contributed by atoms with Gasteiger partial charge in [-0.1, -0.05) is 12.1 Å². The Balaban J connectivity index is 2.07. The van der Waals surface area contributed by atoms with Crippen molar-refractivity contribution in [2.75, 3.05) is 13.2 Å². The number of phenolic OH excluding ortho intramolecular Hbond substituents is 1.